The van der Waals surface area contributed by atoms with Gasteiger partial charge in [0.05, 0.1) is 17.8 Å². The molecule has 4 aromatic rings. The largest absolute Gasteiger partial charge is 0.390 e. The lowest BCUT2D eigenvalue weighted by atomic mass is 10.1. The number of aliphatic hydroxyl groups excluding tert-OH is 1. The molecule has 0 spiro atoms. The van der Waals surface area contributed by atoms with Gasteiger partial charge < -0.3 is 5.11 Å². The van der Waals surface area contributed by atoms with E-state index in [1.807, 2.05) is 48.7 Å². The maximum atomic E-state index is 14.6. The lowest BCUT2D eigenvalue weighted by Crippen LogP contribution is -2.01. The van der Waals surface area contributed by atoms with Crippen molar-refractivity contribution in [3.63, 3.8) is 0 Å². The molecular formula is C22H22ClFN4O. The number of fused-ring (bicyclic) bond motifs is 1. The van der Waals surface area contributed by atoms with Gasteiger partial charge in [-0.3, -0.25) is 9.25 Å². The maximum Gasteiger partial charge on any atom is 0.145 e. The number of imidazole rings is 1. The SMILES string of the molecule is CCCc1ccc(-c2nc(CO)c(C)n2-c2ccc3nn(C)c(Cl)c3c2)cc1F. The molecule has 0 saturated heterocycles. The molecule has 2 aromatic carbocycles. The summed E-state index contributed by atoms with van der Waals surface area (Å²) in [7, 11) is 1.79. The van der Waals surface area contributed by atoms with E-state index in [0.717, 1.165) is 28.7 Å². The first-order valence-corrected chi connectivity index (χ1v) is 9.92. The van der Waals surface area contributed by atoms with Crippen LogP contribution in [0, 0.1) is 12.7 Å². The fourth-order valence-corrected chi connectivity index (χ4v) is 3.85. The highest BCUT2D eigenvalue weighted by Crippen LogP contribution is 2.31. The molecule has 0 aliphatic heterocycles. The monoisotopic (exact) mass is 412 g/mol. The summed E-state index contributed by atoms with van der Waals surface area (Å²) in [5.41, 5.74) is 4.30. The van der Waals surface area contributed by atoms with Gasteiger partial charge in [-0.1, -0.05) is 37.1 Å². The average molecular weight is 413 g/mol. The Labute approximate surface area is 173 Å². The Balaban J connectivity index is 1.91. The van der Waals surface area contributed by atoms with E-state index in [4.69, 9.17) is 11.6 Å². The van der Waals surface area contributed by atoms with Gasteiger partial charge in [-0.2, -0.15) is 5.10 Å². The molecule has 0 bridgehead atoms. The van der Waals surface area contributed by atoms with Gasteiger partial charge >= 0.3 is 0 Å². The second-order valence-electron chi connectivity index (χ2n) is 7.13. The molecule has 0 unspecified atom stereocenters. The summed E-state index contributed by atoms with van der Waals surface area (Å²) in [4.78, 5) is 4.59. The van der Waals surface area contributed by atoms with Gasteiger partial charge in [0.1, 0.15) is 16.8 Å². The molecular weight excluding hydrogens is 391 g/mol. The summed E-state index contributed by atoms with van der Waals surface area (Å²) in [6.07, 6.45) is 1.57. The minimum Gasteiger partial charge on any atom is -0.390 e. The first-order valence-electron chi connectivity index (χ1n) is 9.55. The van der Waals surface area contributed by atoms with Crippen LogP contribution in [-0.2, 0) is 20.1 Å². The lowest BCUT2D eigenvalue weighted by molar-refractivity contribution is 0.276. The first-order chi connectivity index (χ1) is 13.9. The van der Waals surface area contributed by atoms with Crippen molar-refractivity contribution in [1.82, 2.24) is 19.3 Å². The summed E-state index contributed by atoms with van der Waals surface area (Å²) in [5.74, 6) is 0.334. The minimum absolute atomic E-state index is 0.196. The van der Waals surface area contributed by atoms with Crippen LogP contribution in [0.3, 0.4) is 0 Å². The van der Waals surface area contributed by atoms with Gasteiger partial charge in [0.25, 0.3) is 0 Å². The topological polar surface area (TPSA) is 55.9 Å². The van der Waals surface area contributed by atoms with Crippen LogP contribution in [0.1, 0.15) is 30.3 Å². The van der Waals surface area contributed by atoms with Crippen molar-refractivity contribution in [2.75, 3.05) is 0 Å². The Morgan fingerprint density at radius 1 is 1.17 bits per heavy atom. The van der Waals surface area contributed by atoms with Gasteiger partial charge in [-0.05, 0) is 43.2 Å². The number of aryl methyl sites for hydroxylation is 2. The van der Waals surface area contributed by atoms with Crippen molar-refractivity contribution < 1.29 is 9.50 Å². The zero-order valence-electron chi connectivity index (χ0n) is 16.6. The molecule has 0 saturated carbocycles. The highest BCUT2D eigenvalue weighted by molar-refractivity contribution is 6.34. The van der Waals surface area contributed by atoms with E-state index in [1.165, 1.54) is 6.07 Å². The molecule has 0 radical (unpaired) electrons. The third-order valence-electron chi connectivity index (χ3n) is 5.19. The summed E-state index contributed by atoms with van der Waals surface area (Å²) >= 11 is 6.38. The predicted octanol–water partition coefficient (Wildman–Crippen LogP) is 4.97. The number of aliphatic hydroxyl groups is 1. The molecule has 7 heteroatoms. The summed E-state index contributed by atoms with van der Waals surface area (Å²) in [6.45, 7) is 3.72. The number of halogens is 2. The van der Waals surface area contributed by atoms with Gasteiger partial charge in [-0.15, -0.1) is 0 Å². The first kappa shape index (κ1) is 19.6. The molecule has 4 rings (SSSR count). The molecule has 2 heterocycles. The molecule has 5 nitrogen and oxygen atoms in total. The Kier molecular flexibility index (Phi) is 5.15. The second-order valence-corrected chi connectivity index (χ2v) is 7.49. The van der Waals surface area contributed by atoms with Gasteiger partial charge in [0.2, 0.25) is 0 Å². The van der Waals surface area contributed by atoms with E-state index in [1.54, 1.807) is 11.7 Å². The lowest BCUT2D eigenvalue weighted by Gasteiger charge is -2.12. The average Bonchev–Trinajstić information content (AvgIpc) is 3.19. The minimum atomic E-state index is -0.243. The van der Waals surface area contributed by atoms with Gasteiger partial charge in [0.15, 0.2) is 0 Å². The van der Waals surface area contributed by atoms with Crippen molar-refractivity contribution in [1.29, 1.82) is 0 Å². The summed E-state index contributed by atoms with van der Waals surface area (Å²) in [5, 5.41) is 15.5. The maximum absolute atomic E-state index is 14.6. The predicted molar refractivity (Wildman–Crippen MR) is 113 cm³/mol. The zero-order chi connectivity index (χ0) is 20.7. The molecule has 0 aliphatic rings. The van der Waals surface area contributed by atoms with Crippen LogP contribution in [0.4, 0.5) is 4.39 Å². The Hall–Kier alpha value is -2.70. The molecule has 0 amide bonds. The third kappa shape index (κ3) is 3.32. The third-order valence-corrected chi connectivity index (χ3v) is 5.64. The van der Waals surface area contributed by atoms with E-state index in [0.29, 0.717) is 34.2 Å². The molecule has 1 N–H and O–H groups in total. The Bertz CT molecular complexity index is 1210. The van der Waals surface area contributed by atoms with E-state index in [-0.39, 0.29) is 12.4 Å². The molecule has 2 aromatic heterocycles. The van der Waals surface area contributed by atoms with Crippen LogP contribution >= 0.6 is 11.6 Å². The van der Waals surface area contributed by atoms with Gasteiger partial charge in [-0.25, -0.2) is 9.37 Å². The van der Waals surface area contributed by atoms with Crippen molar-refractivity contribution in [3.05, 3.63) is 64.3 Å². The van der Waals surface area contributed by atoms with Crippen LogP contribution in [0.2, 0.25) is 5.15 Å². The normalized spacial score (nSPS) is 11.5. The van der Waals surface area contributed by atoms with E-state index in [9.17, 15) is 9.50 Å². The molecule has 0 fully saturated rings. The fraction of sp³-hybridized carbons (Fsp3) is 0.273. The molecule has 29 heavy (non-hydrogen) atoms. The Morgan fingerprint density at radius 2 is 1.97 bits per heavy atom. The quantitative estimate of drug-likeness (QED) is 0.503. The summed E-state index contributed by atoms with van der Waals surface area (Å²) < 4.78 is 18.1. The number of aromatic nitrogens is 4. The van der Waals surface area contributed by atoms with Crippen LogP contribution in [0.5, 0.6) is 0 Å². The van der Waals surface area contributed by atoms with Crippen molar-refractivity contribution in [2.45, 2.75) is 33.3 Å². The standard InChI is InChI=1S/C22H22ClFN4O/c1-4-5-14-6-7-15(10-18(14)24)22-25-20(12-29)13(2)28(22)16-8-9-19-17(11-16)21(23)27(3)26-19/h6-11,29H,4-5,12H2,1-3H3. The second kappa shape index (κ2) is 7.61. The number of benzene rings is 2. The highest BCUT2D eigenvalue weighted by atomic mass is 35.5. The van der Waals surface area contributed by atoms with E-state index < -0.39 is 0 Å². The number of nitrogens with zero attached hydrogens (tertiary/aromatic N) is 4. The highest BCUT2D eigenvalue weighted by Gasteiger charge is 2.19. The number of hydrogen-bond donors (Lipinski definition) is 1. The van der Waals surface area contributed by atoms with Crippen molar-refractivity contribution in [2.24, 2.45) is 7.05 Å². The summed E-state index contributed by atoms with van der Waals surface area (Å²) in [6, 6.07) is 11.0. The molecule has 0 aliphatic carbocycles. The van der Waals surface area contributed by atoms with Crippen LogP contribution in [0.25, 0.3) is 28.0 Å². The fourth-order valence-electron chi connectivity index (χ4n) is 3.66. The van der Waals surface area contributed by atoms with Crippen LogP contribution in [-0.4, -0.2) is 24.4 Å². The molecule has 0 atom stereocenters. The number of rotatable bonds is 5. The van der Waals surface area contributed by atoms with Gasteiger partial charge in [0, 0.05) is 29.4 Å². The zero-order valence-corrected chi connectivity index (χ0v) is 17.3. The number of hydrogen-bond acceptors (Lipinski definition) is 3. The van der Waals surface area contributed by atoms with E-state index >= 15 is 0 Å². The van der Waals surface area contributed by atoms with E-state index in [2.05, 4.69) is 10.1 Å². The molecule has 150 valence electrons. The smallest absolute Gasteiger partial charge is 0.145 e. The van der Waals surface area contributed by atoms with Crippen LogP contribution < -0.4 is 0 Å². The Morgan fingerprint density at radius 3 is 2.66 bits per heavy atom. The van der Waals surface area contributed by atoms with Crippen molar-refractivity contribution in [3.8, 4) is 17.1 Å². The van der Waals surface area contributed by atoms with Crippen LogP contribution in [0.15, 0.2) is 36.4 Å². The van der Waals surface area contributed by atoms with Crippen molar-refractivity contribution >= 4 is 22.5 Å².